The van der Waals surface area contributed by atoms with E-state index < -0.39 is 0 Å². The Bertz CT molecular complexity index is 620. The molecule has 0 amide bonds. The molecular formula is C16H21N5O. The van der Waals surface area contributed by atoms with Crippen LogP contribution in [-0.2, 0) is 11.3 Å². The van der Waals surface area contributed by atoms with Crippen molar-refractivity contribution in [3.8, 4) is 5.69 Å². The summed E-state index contributed by atoms with van der Waals surface area (Å²) in [7, 11) is 0. The molecule has 4 rings (SSSR count). The molecule has 1 aromatic carbocycles. The molecule has 1 saturated carbocycles. The molecule has 1 aliphatic carbocycles. The maximum atomic E-state index is 6.09. The average Bonchev–Trinajstić information content (AvgIpc) is 3.18. The molecule has 116 valence electrons. The van der Waals surface area contributed by atoms with Gasteiger partial charge < -0.3 is 4.74 Å². The van der Waals surface area contributed by atoms with E-state index in [1.807, 2.05) is 35.0 Å². The minimum absolute atomic E-state index is 0.0866. The largest absolute Gasteiger partial charge is 0.372 e. The lowest BCUT2D eigenvalue weighted by Crippen LogP contribution is -2.50. The zero-order valence-electron chi connectivity index (χ0n) is 12.7. The normalized spacial score (nSPS) is 21.5. The maximum absolute atomic E-state index is 6.09. The van der Waals surface area contributed by atoms with Gasteiger partial charge in [-0.2, -0.15) is 4.68 Å². The lowest BCUT2D eigenvalue weighted by Gasteiger charge is -2.40. The highest BCUT2D eigenvalue weighted by Crippen LogP contribution is 2.36. The summed E-state index contributed by atoms with van der Waals surface area (Å²) in [5.74, 6) is 0.890. The molecule has 0 N–H and O–H groups in total. The molecule has 0 atom stereocenters. The van der Waals surface area contributed by atoms with Gasteiger partial charge in [0.15, 0.2) is 5.82 Å². The second-order valence-electron chi connectivity index (χ2n) is 6.29. The molecule has 1 saturated heterocycles. The number of tetrazole rings is 1. The summed E-state index contributed by atoms with van der Waals surface area (Å²) in [6.07, 6.45) is 4.95. The summed E-state index contributed by atoms with van der Waals surface area (Å²) in [5.41, 5.74) is 1.09. The first kappa shape index (κ1) is 13.8. The Morgan fingerprint density at radius 2 is 1.95 bits per heavy atom. The van der Waals surface area contributed by atoms with Crippen molar-refractivity contribution in [3.63, 3.8) is 0 Å². The third-order valence-electron chi connectivity index (χ3n) is 4.74. The van der Waals surface area contributed by atoms with Crippen LogP contribution in [0, 0.1) is 0 Å². The Hall–Kier alpha value is -1.79. The van der Waals surface area contributed by atoms with Gasteiger partial charge in [0, 0.05) is 13.1 Å². The maximum Gasteiger partial charge on any atom is 0.170 e. The summed E-state index contributed by atoms with van der Waals surface area (Å²) in [4.78, 5) is 2.43. The van der Waals surface area contributed by atoms with Crippen molar-refractivity contribution < 1.29 is 4.74 Å². The minimum atomic E-state index is 0.0866. The fraction of sp³-hybridized carbons (Fsp3) is 0.562. The summed E-state index contributed by atoms with van der Waals surface area (Å²) in [6.45, 7) is 3.53. The van der Waals surface area contributed by atoms with Crippen LogP contribution in [0.1, 0.15) is 31.5 Å². The van der Waals surface area contributed by atoms with E-state index in [4.69, 9.17) is 4.74 Å². The second kappa shape index (κ2) is 5.78. The lowest BCUT2D eigenvalue weighted by molar-refractivity contribution is -0.107. The van der Waals surface area contributed by atoms with Crippen LogP contribution in [0.2, 0.25) is 0 Å². The van der Waals surface area contributed by atoms with Crippen LogP contribution in [-0.4, -0.2) is 50.4 Å². The lowest BCUT2D eigenvalue weighted by atomic mass is 10.00. The van der Waals surface area contributed by atoms with Crippen LogP contribution < -0.4 is 0 Å². The third-order valence-corrected chi connectivity index (χ3v) is 4.74. The van der Waals surface area contributed by atoms with E-state index in [0.29, 0.717) is 0 Å². The molecule has 2 aliphatic rings. The van der Waals surface area contributed by atoms with Crippen LogP contribution in [0.4, 0.5) is 0 Å². The van der Waals surface area contributed by atoms with Gasteiger partial charge in [0.25, 0.3) is 0 Å². The van der Waals surface area contributed by atoms with E-state index >= 15 is 0 Å². The van der Waals surface area contributed by atoms with Crippen LogP contribution >= 0.6 is 0 Å². The standard InChI is InChI=1S/C16H21N5O/c1-2-6-14(7-3-1)21-15(17-18-19-21)12-20-10-11-22-16(13-20)8-4-5-9-16/h1-3,6-7H,4-5,8-13H2. The SMILES string of the molecule is c1ccc(-n2nnnc2CN2CCOC3(CCCC3)C2)cc1. The van der Waals surface area contributed by atoms with E-state index in [9.17, 15) is 0 Å². The van der Waals surface area contributed by atoms with Gasteiger partial charge in [0.1, 0.15) is 0 Å². The Morgan fingerprint density at radius 1 is 1.14 bits per heavy atom. The molecule has 6 nitrogen and oxygen atoms in total. The van der Waals surface area contributed by atoms with Crippen LogP contribution in [0.15, 0.2) is 30.3 Å². The van der Waals surface area contributed by atoms with Gasteiger partial charge in [-0.25, -0.2) is 0 Å². The molecule has 22 heavy (non-hydrogen) atoms. The molecule has 1 aliphatic heterocycles. The number of para-hydroxylation sites is 1. The highest BCUT2D eigenvalue weighted by Gasteiger charge is 2.39. The highest BCUT2D eigenvalue weighted by atomic mass is 16.5. The molecular weight excluding hydrogens is 278 g/mol. The van der Waals surface area contributed by atoms with E-state index in [1.165, 1.54) is 25.7 Å². The van der Waals surface area contributed by atoms with E-state index in [2.05, 4.69) is 20.4 Å². The van der Waals surface area contributed by atoms with Gasteiger partial charge in [-0.1, -0.05) is 31.0 Å². The summed E-state index contributed by atoms with van der Waals surface area (Å²) < 4.78 is 7.92. The van der Waals surface area contributed by atoms with Crippen molar-refractivity contribution in [2.24, 2.45) is 0 Å². The zero-order chi connectivity index (χ0) is 14.8. The zero-order valence-corrected chi connectivity index (χ0v) is 12.7. The Kier molecular flexibility index (Phi) is 3.63. The number of morpholine rings is 1. The summed E-state index contributed by atoms with van der Waals surface area (Å²) >= 11 is 0. The number of rotatable bonds is 3. The van der Waals surface area contributed by atoms with Crippen LogP contribution in [0.25, 0.3) is 5.69 Å². The number of hydrogen-bond acceptors (Lipinski definition) is 5. The second-order valence-corrected chi connectivity index (χ2v) is 6.29. The summed E-state index contributed by atoms with van der Waals surface area (Å²) in [6, 6.07) is 10.1. The van der Waals surface area contributed by atoms with Crippen molar-refractivity contribution >= 4 is 0 Å². The average molecular weight is 299 g/mol. The number of benzene rings is 1. The van der Waals surface area contributed by atoms with Gasteiger partial charge in [-0.15, -0.1) is 5.10 Å². The van der Waals surface area contributed by atoms with Gasteiger partial charge in [-0.05, 0) is 35.4 Å². The first-order valence-electron chi connectivity index (χ1n) is 8.04. The fourth-order valence-electron chi connectivity index (χ4n) is 3.65. The molecule has 0 radical (unpaired) electrons. The van der Waals surface area contributed by atoms with Crippen molar-refractivity contribution in [1.82, 2.24) is 25.1 Å². The molecule has 2 fully saturated rings. The number of nitrogens with zero attached hydrogens (tertiary/aromatic N) is 5. The first-order chi connectivity index (χ1) is 10.8. The molecule has 2 aromatic rings. The van der Waals surface area contributed by atoms with Gasteiger partial charge >= 0.3 is 0 Å². The Labute approximate surface area is 130 Å². The van der Waals surface area contributed by atoms with E-state index in [-0.39, 0.29) is 5.60 Å². The van der Waals surface area contributed by atoms with Crippen LogP contribution in [0.3, 0.4) is 0 Å². The third kappa shape index (κ3) is 2.64. The molecule has 6 heteroatoms. The number of aromatic nitrogens is 4. The Balaban J connectivity index is 1.51. The molecule has 0 bridgehead atoms. The predicted octanol–water partition coefficient (Wildman–Crippen LogP) is 1.81. The molecule has 0 unspecified atom stereocenters. The topological polar surface area (TPSA) is 56.1 Å². The van der Waals surface area contributed by atoms with Gasteiger partial charge in [-0.3, -0.25) is 4.90 Å². The monoisotopic (exact) mass is 299 g/mol. The quantitative estimate of drug-likeness (QED) is 0.865. The van der Waals surface area contributed by atoms with Crippen LogP contribution in [0.5, 0.6) is 0 Å². The van der Waals surface area contributed by atoms with Crippen molar-refractivity contribution in [1.29, 1.82) is 0 Å². The predicted molar refractivity (Wildman–Crippen MR) is 81.6 cm³/mol. The molecule has 1 spiro atoms. The molecule has 1 aromatic heterocycles. The highest BCUT2D eigenvalue weighted by molar-refractivity contribution is 5.30. The van der Waals surface area contributed by atoms with Gasteiger partial charge in [0.05, 0.1) is 24.4 Å². The number of hydrogen-bond donors (Lipinski definition) is 0. The minimum Gasteiger partial charge on any atom is -0.372 e. The van der Waals surface area contributed by atoms with Crippen molar-refractivity contribution in [2.75, 3.05) is 19.7 Å². The smallest absolute Gasteiger partial charge is 0.170 e. The number of ether oxygens (including phenoxy) is 1. The van der Waals surface area contributed by atoms with E-state index in [1.54, 1.807) is 0 Å². The van der Waals surface area contributed by atoms with Crippen molar-refractivity contribution in [3.05, 3.63) is 36.2 Å². The van der Waals surface area contributed by atoms with Crippen molar-refractivity contribution in [2.45, 2.75) is 37.8 Å². The molecule has 2 heterocycles. The Morgan fingerprint density at radius 3 is 2.77 bits per heavy atom. The van der Waals surface area contributed by atoms with Gasteiger partial charge in [0.2, 0.25) is 0 Å². The fourth-order valence-corrected chi connectivity index (χ4v) is 3.65. The first-order valence-corrected chi connectivity index (χ1v) is 8.04. The van der Waals surface area contributed by atoms with E-state index in [0.717, 1.165) is 37.8 Å². The summed E-state index contributed by atoms with van der Waals surface area (Å²) in [5, 5.41) is 12.2.